The first-order valence-corrected chi connectivity index (χ1v) is 8.02. The van der Waals surface area contributed by atoms with Gasteiger partial charge < -0.3 is 14.8 Å². The van der Waals surface area contributed by atoms with Crippen LogP contribution in [0.1, 0.15) is 29.6 Å². The molecule has 0 saturated heterocycles. The summed E-state index contributed by atoms with van der Waals surface area (Å²) in [6.45, 7) is 6.41. The number of nitrogens with zero attached hydrogens (tertiary/aromatic N) is 1. The molecule has 1 aromatic heterocycles. The molecule has 1 N–H and O–H groups in total. The summed E-state index contributed by atoms with van der Waals surface area (Å²) in [7, 11) is 1.68. The number of aromatic nitrogens is 1. The standard InChI is InChI=1S/C16H22N2O2S/c1-4-7-17-9-13-8-15(19-3)5-6-16(13)20-10-14-11-21-12(2)18-14/h5-6,8,11,17H,4,7,9-10H2,1-3H3. The zero-order chi connectivity index (χ0) is 15.1. The van der Waals surface area contributed by atoms with Gasteiger partial charge in [-0.3, -0.25) is 0 Å². The van der Waals surface area contributed by atoms with Crippen LogP contribution in [-0.4, -0.2) is 18.6 Å². The molecule has 0 atom stereocenters. The summed E-state index contributed by atoms with van der Waals surface area (Å²) in [5.41, 5.74) is 2.08. The van der Waals surface area contributed by atoms with Crippen molar-refractivity contribution in [2.24, 2.45) is 0 Å². The van der Waals surface area contributed by atoms with Crippen LogP contribution in [0.3, 0.4) is 0 Å². The fourth-order valence-corrected chi connectivity index (χ4v) is 2.59. The van der Waals surface area contributed by atoms with E-state index in [4.69, 9.17) is 9.47 Å². The summed E-state index contributed by atoms with van der Waals surface area (Å²) >= 11 is 1.64. The van der Waals surface area contributed by atoms with E-state index in [0.717, 1.165) is 47.3 Å². The first kappa shape index (κ1) is 15.8. The number of methoxy groups -OCH3 is 1. The molecule has 5 heteroatoms. The normalized spacial score (nSPS) is 10.6. The lowest BCUT2D eigenvalue weighted by Gasteiger charge is -2.13. The molecule has 0 unspecified atom stereocenters. The van der Waals surface area contributed by atoms with Gasteiger partial charge in [-0.05, 0) is 38.1 Å². The van der Waals surface area contributed by atoms with Crippen molar-refractivity contribution in [2.45, 2.75) is 33.4 Å². The second-order valence-corrected chi connectivity index (χ2v) is 5.86. The highest BCUT2D eigenvalue weighted by Crippen LogP contribution is 2.25. The third kappa shape index (κ3) is 4.72. The Kier molecular flexibility index (Phi) is 6.02. The van der Waals surface area contributed by atoms with Crippen LogP contribution in [0, 0.1) is 6.92 Å². The number of benzene rings is 1. The molecule has 0 aliphatic carbocycles. The second-order valence-electron chi connectivity index (χ2n) is 4.80. The summed E-state index contributed by atoms with van der Waals surface area (Å²) in [5.74, 6) is 1.73. The zero-order valence-corrected chi connectivity index (χ0v) is 13.6. The van der Waals surface area contributed by atoms with Gasteiger partial charge in [-0.25, -0.2) is 4.98 Å². The van der Waals surface area contributed by atoms with Gasteiger partial charge in [-0.15, -0.1) is 11.3 Å². The monoisotopic (exact) mass is 306 g/mol. The Morgan fingerprint density at radius 3 is 2.86 bits per heavy atom. The molecule has 0 fully saturated rings. The molecule has 1 heterocycles. The van der Waals surface area contributed by atoms with Gasteiger partial charge in [0.1, 0.15) is 18.1 Å². The van der Waals surface area contributed by atoms with Gasteiger partial charge in [0.2, 0.25) is 0 Å². The van der Waals surface area contributed by atoms with Gasteiger partial charge >= 0.3 is 0 Å². The van der Waals surface area contributed by atoms with Crippen LogP contribution in [0.4, 0.5) is 0 Å². The van der Waals surface area contributed by atoms with Crippen LogP contribution in [0.2, 0.25) is 0 Å². The van der Waals surface area contributed by atoms with Crippen molar-refractivity contribution in [1.29, 1.82) is 0 Å². The maximum Gasteiger partial charge on any atom is 0.131 e. The predicted molar refractivity (Wildman–Crippen MR) is 86.2 cm³/mol. The highest BCUT2D eigenvalue weighted by molar-refractivity contribution is 7.09. The fourth-order valence-electron chi connectivity index (χ4n) is 1.99. The Hall–Kier alpha value is -1.59. The van der Waals surface area contributed by atoms with Crippen LogP contribution < -0.4 is 14.8 Å². The second kappa shape index (κ2) is 8.00. The smallest absolute Gasteiger partial charge is 0.131 e. The van der Waals surface area contributed by atoms with Crippen LogP contribution in [0.15, 0.2) is 23.6 Å². The molecular formula is C16H22N2O2S. The maximum absolute atomic E-state index is 5.92. The molecule has 2 aromatic rings. The minimum Gasteiger partial charge on any atom is -0.497 e. The number of hydrogen-bond acceptors (Lipinski definition) is 5. The lowest BCUT2D eigenvalue weighted by atomic mass is 10.2. The van der Waals surface area contributed by atoms with Crippen molar-refractivity contribution < 1.29 is 9.47 Å². The molecule has 0 spiro atoms. The molecule has 0 radical (unpaired) electrons. The number of aryl methyl sites for hydroxylation is 1. The van der Waals surface area contributed by atoms with E-state index in [9.17, 15) is 0 Å². The van der Waals surface area contributed by atoms with Gasteiger partial charge in [-0.1, -0.05) is 6.92 Å². The maximum atomic E-state index is 5.92. The van der Waals surface area contributed by atoms with Crippen molar-refractivity contribution >= 4 is 11.3 Å². The Labute approximate surface area is 130 Å². The number of ether oxygens (including phenoxy) is 2. The summed E-state index contributed by atoms with van der Waals surface area (Å²) in [5, 5.41) is 6.49. The number of thiazole rings is 1. The zero-order valence-electron chi connectivity index (χ0n) is 12.8. The molecule has 114 valence electrons. The lowest BCUT2D eigenvalue weighted by molar-refractivity contribution is 0.297. The van der Waals surface area contributed by atoms with Crippen molar-refractivity contribution in [2.75, 3.05) is 13.7 Å². The van der Waals surface area contributed by atoms with Gasteiger partial charge in [0.25, 0.3) is 0 Å². The SMILES string of the molecule is CCCNCc1cc(OC)ccc1OCc1csc(C)n1. The molecule has 0 amide bonds. The van der Waals surface area contributed by atoms with Crippen molar-refractivity contribution in [1.82, 2.24) is 10.3 Å². The van der Waals surface area contributed by atoms with E-state index >= 15 is 0 Å². The molecule has 0 bridgehead atoms. The largest absolute Gasteiger partial charge is 0.497 e. The van der Waals surface area contributed by atoms with E-state index in [1.807, 2.05) is 30.5 Å². The van der Waals surface area contributed by atoms with Gasteiger partial charge in [0.05, 0.1) is 17.8 Å². The molecule has 0 aliphatic rings. The van der Waals surface area contributed by atoms with Crippen LogP contribution in [0.5, 0.6) is 11.5 Å². The summed E-state index contributed by atoms with van der Waals surface area (Å²) in [6, 6.07) is 5.90. The van der Waals surface area contributed by atoms with Gasteiger partial charge in [0, 0.05) is 17.5 Å². The fraction of sp³-hybridized carbons (Fsp3) is 0.438. The first-order valence-electron chi connectivity index (χ1n) is 7.14. The van der Waals surface area contributed by atoms with E-state index in [0.29, 0.717) is 6.61 Å². The van der Waals surface area contributed by atoms with E-state index < -0.39 is 0 Å². The minimum atomic E-state index is 0.497. The van der Waals surface area contributed by atoms with Crippen molar-refractivity contribution in [3.63, 3.8) is 0 Å². The Morgan fingerprint density at radius 2 is 2.19 bits per heavy atom. The average molecular weight is 306 g/mol. The quantitative estimate of drug-likeness (QED) is 0.758. The Morgan fingerprint density at radius 1 is 1.33 bits per heavy atom. The number of nitrogens with one attached hydrogen (secondary N) is 1. The van der Waals surface area contributed by atoms with Crippen LogP contribution in [0.25, 0.3) is 0 Å². The molecule has 2 rings (SSSR count). The topological polar surface area (TPSA) is 43.4 Å². The average Bonchev–Trinajstić information content (AvgIpc) is 2.91. The predicted octanol–water partition coefficient (Wildman–Crippen LogP) is 3.54. The highest BCUT2D eigenvalue weighted by atomic mass is 32.1. The Bertz CT molecular complexity index is 569. The van der Waals surface area contributed by atoms with Crippen molar-refractivity contribution in [3.05, 3.63) is 39.8 Å². The summed E-state index contributed by atoms with van der Waals surface area (Å²) in [6.07, 6.45) is 1.11. The number of rotatable bonds is 8. The van der Waals surface area contributed by atoms with Crippen molar-refractivity contribution in [3.8, 4) is 11.5 Å². The highest BCUT2D eigenvalue weighted by Gasteiger charge is 2.07. The molecular weight excluding hydrogens is 284 g/mol. The molecule has 4 nitrogen and oxygen atoms in total. The van der Waals surface area contributed by atoms with Crippen LogP contribution in [-0.2, 0) is 13.2 Å². The van der Waals surface area contributed by atoms with Crippen LogP contribution >= 0.6 is 11.3 Å². The molecule has 21 heavy (non-hydrogen) atoms. The molecule has 0 aliphatic heterocycles. The third-order valence-electron chi connectivity index (χ3n) is 3.05. The first-order chi connectivity index (χ1) is 10.2. The number of hydrogen-bond donors (Lipinski definition) is 1. The summed E-state index contributed by atoms with van der Waals surface area (Å²) < 4.78 is 11.2. The minimum absolute atomic E-state index is 0.497. The Balaban J connectivity index is 2.05. The molecule has 0 saturated carbocycles. The lowest BCUT2D eigenvalue weighted by Crippen LogP contribution is -2.14. The molecule has 1 aromatic carbocycles. The third-order valence-corrected chi connectivity index (χ3v) is 3.87. The van der Waals surface area contributed by atoms with E-state index in [2.05, 4.69) is 17.2 Å². The van der Waals surface area contributed by atoms with E-state index in [1.165, 1.54) is 0 Å². The van der Waals surface area contributed by atoms with E-state index in [-0.39, 0.29) is 0 Å². The van der Waals surface area contributed by atoms with Gasteiger partial charge in [0.15, 0.2) is 0 Å². The summed E-state index contributed by atoms with van der Waals surface area (Å²) in [4.78, 5) is 4.42. The van der Waals surface area contributed by atoms with Gasteiger partial charge in [-0.2, -0.15) is 0 Å². The van der Waals surface area contributed by atoms with E-state index in [1.54, 1.807) is 18.4 Å².